The lowest BCUT2D eigenvalue weighted by molar-refractivity contribution is -0.136. The van der Waals surface area contributed by atoms with Crippen molar-refractivity contribution < 1.29 is 19.4 Å². The van der Waals surface area contributed by atoms with E-state index in [1.54, 1.807) is 18.2 Å². The Morgan fingerprint density at radius 3 is 2.84 bits per heavy atom. The van der Waals surface area contributed by atoms with Gasteiger partial charge in [0, 0.05) is 5.56 Å². The molecule has 98 valence electrons. The summed E-state index contributed by atoms with van der Waals surface area (Å²) in [5.41, 5.74) is 0.867. The van der Waals surface area contributed by atoms with Crippen LogP contribution in [0.25, 0.3) is 11.3 Å². The van der Waals surface area contributed by atoms with Crippen LogP contribution >= 0.6 is 0 Å². The normalized spacial score (nSPS) is 12.6. The molecule has 0 spiro atoms. The number of aliphatic carboxylic acids is 1. The molecule has 2 heterocycles. The first-order valence-electron chi connectivity index (χ1n) is 5.56. The van der Waals surface area contributed by atoms with Crippen molar-refractivity contribution in [2.75, 3.05) is 6.79 Å². The maximum atomic E-state index is 11.6. The van der Waals surface area contributed by atoms with Crippen LogP contribution in [-0.4, -0.2) is 28.1 Å². The monoisotopic (exact) mass is 262 g/mol. The summed E-state index contributed by atoms with van der Waals surface area (Å²) in [5, 5.41) is 13.9. The Hall–Kier alpha value is -2.70. The lowest BCUT2D eigenvalue weighted by Crippen LogP contribution is -2.11. The molecule has 0 radical (unpaired) electrons. The molecule has 19 heavy (non-hydrogen) atoms. The molecular formula is C12H10N2O5. The predicted molar refractivity (Wildman–Crippen MR) is 64.3 cm³/mol. The number of aromatic nitrogens is 2. The van der Waals surface area contributed by atoms with E-state index >= 15 is 0 Å². The maximum Gasteiger partial charge on any atom is 0.308 e. The summed E-state index contributed by atoms with van der Waals surface area (Å²) in [4.78, 5) is 22.4. The first-order chi connectivity index (χ1) is 9.15. The fraction of sp³-hybridized carbons (Fsp3) is 0.167. The number of aromatic amines is 2. The molecule has 0 aliphatic carbocycles. The number of fused-ring (bicyclic) bond motifs is 1. The minimum absolute atomic E-state index is 0.157. The summed E-state index contributed by atoms with van der Waals surface area (Å²) in [5.74, 6) is 0.134. The fourth-order valence-corrected chi connectivity index (χ4v) is 2.00. The van der Waals surface area contributed by atoms with Gasteiger partial charge in [-0.15, -0.1) is 0 Å². The Bertz CT molecular complexity index is 700. The zero-order valence-corrected chi connectivity index (χ0v) is 9.73. The first-order valence-corrected chi connectivity index (χ1v) is 5.56. The average Bonchev–Trinajstić information content (AvgIpc) is 2.96. The molecule has 1 aromatic carbocycles. The third-order valence-electron chi connectivity index (χ3n) is 2.87. The molecule has 1 aliphatic heterocycles. The third-order valence-corrected chi connectivity index (χ3v) is 2.87. The van der Waals surface area contributed by atoms with E-state index in [4.69, 9.17) is 14.6 Å². The standard InChI is InChI=1S/C12H10N2O5/c15-10(16)4-7-11(13-14-12(7)17)6-1-2-8-9(3-6)19-5-18-8/h1-3H,4-5H2,(H,15,16)(H2,13,14,17). The van der Waals surface area contributed by atoms with Crippen LogP contribution in [0, 0.1) is 0 Å². The molecule has 3 rings (SSSR count). The lowest BCUT2D eigenvalue weighted by Gasteiger charge is -2.02. The van der Waals surface area contributed by atoms with E-state index < -0.39 is 11.5 Å². The van der Waals surface area contributed by atoms with Crippen molar-refractivity contribution >= 4 is 5.97 Å². The molecular weight excluding hydrogens is 252 g/mol. The van der Waals surface area contributed by atoms with Crippen LogP contribution in [0.5, 0.6) is 11.5 Å². The van der Waals surface area contributed by atoms with Crippen LogP contribution < -0.4 is 15.0 Å². The second-order valence-corrected chi connectivity index (χ2v) is 4.07. The van der Waals surface area contributed by atoms with Gasteiger partial charge < -0.3 is 14.6 Å². The predicted octanol–water partition coefficient (Wildman–Crippen LogP) is 0.726. The van der Waals surface area contributed by atoms with Gasteiger partial charge in [0.05, 0.1) is 17.7 Å². The van der Waals surface area contributed by atoms with E-state index in [1.165, 1.54) is 0 Å². The molecule has 0 fully saturated rings. The van der Waals surface area contributed by atoms with Gasteiger partial charge in [0.1, 0.15) is 0 Å². The summed E-state index contributed by atoms with van der Waals surface area (Å²) >= 11 is 0. The van der Waals surface area contributed by atoms with E-state index in [1.807, 2.05) is 0 Å². The number of H-pyrrole nitrogens is 2. The minimum Gasteiger partial charge on any atom is -0.481 e. The van der Waals surface area contributed by atoms with Crippen molar-refractivity contribution in [3.8, 4) is 22.8 Å². The van der Waals surface area contributed by atoms with Crippen molar-refractivity contribution in [2.45, 2.75) is 6.42 Å². The van der Waals surface area contributed by atoms with Gasteiger partial charge in [0.2, 0.25) is 6.79 Å². The van der Waals surface area contributed by atoms with Crippen LogP contribution in [0.4, 0.5) is 0 Å². The molecule has 0 unspecified atom stereocenters. The van der Waals surface area contributed by atoms with Gasteiger partial charge >= 0.3 is 5.97 Å². The van der Waals surface area contributed by atoms with E-state index in [0.717, 1.165) is 0 Å². The van der Waals surface area contributed by atoms with E-state index in [-0.39, 0.29) is 18.8 Å². The molecule has 7 heteroatoms. The lowest BCUT2D eigenvalue weighted by atomic mass is 10.1. The van der Waals surface area contributed by atoms with Crippen molar-refractivity contribution in [1.82, 2.24) is 10.2 Å². The van der Waals surface area contributed by atoms with Crippen molar-refractivity contribution in [3.05, 3.63) is 34.1 Å². The Kier molecular flexibility index (Phi) is 2.52. The third kappa shape index (κ3) is 1.95. The van der Waals surface area contributed by atoms with Gasteiger partial charge in [0.15, 0.2) is 11.5 Å². The summed E-state index contributed by atoms with van der Waals surface area (Å²) in [6.07, 6.45) is -0.345. The molecule has 0 amide bonds. The summed E-state index contributed by atoms with van der Waals surface area (Å²) in [6, 6.07) is 5.15. The number of carboxylic acid groups (broad SMARTS) is 1. The number of benzene rings is 1. The SMILES string of the molecule is O=C(O)Cc1c(-c2ccc3c(c2)OCO3)[nH][nH]c1=O. The summed E-state index contributed by atoms with van der Waals surface area (Å²) in [7, 11) is 0. The smallest absolute Gasteiger partial charge is 0.308 e. The van der Waals surface area contributed by atoms with Crippen LogP contribution in [0.15, 0.2) is 23.0 Å². The Morgan fingerprint density at radius 1 is 1.26 bits per heavy atom. The molecule has 0 saturated carbocycles. The summed E-state index contributed by atoms with van der Waals surface area (Å²) in [6.45, 7) is 0.157. The number of ether oxygens (including phenoxy) is 2. The van der Waals surface area contributed by atoms with E-state index in [9.17, 15) is 9.59 Å². The van der Waals surface area contributed by atoms with Gasteiger partial charge in [0.25, 0.3) is 5.56 Å². The zero-order valence-electron chi connectivity index (χ0n) is 9.73. The van der Waals surface area contributed by atoms with Crippen molar-refractivity contribution in [1.29, 1.82) is 0 Å². The molecule has 7 nitrogen and oxygen atoms in total. The average molecular weight is 262 g/mol. The second-order valence-electron chi connectivity index (χ2n) is 4.07. The first kappa shape index (κ1) is 11.4. The van der Waals surface area contributed by atoms with Gasteiger partial charge in [-0.1, -0.05) is 0 Å². The van der Waals surface area contributed by atoms with Gasteiger partial charge in [-0.2, -0.15) is 0 Å². The molecule has 2 aromatic rings. The summed E-state index contributed by atoms with van der Waals surface area (Å²) < 4.78 is 10.4. The van der Waals surface area contributed by atoms with Gasteiger partial charge in [-0.3, -0.25) is 19.8 Å². The van der Waals surface area contributed by atoms with E-state index in [0.29, 0.717) is 22.8 Å². The van der Waals surface area contributed by atoms with Crippen molar-refractivity contribution in [3.63, 3.8) is 0 Å². The highest BCUT2D eigenvalue weighted by molar-refractivity contribution is 5.75. The largest absolute Gasteiger partial charge is 0.481 e. The van der Waals surface area contributed by atoms with Crippen LogP contribution in [0.1, 0.15) is 5.56 Å². The second kappa shape index (κ2) is 4.20. The number of hydrogen-bond donors (Lipinski definition) is 3. The Balaban J connectivity index is 2.07. The molecule has 0 saturated heterocycles. The highest BCUT2D eigenvalue weighted by atomic mass is 16.7. The fourth-order valence-electron chi connectivity index (χ4n) is 2.00. The Labute approximate surface area is 106 Å². The van der Waals surface area contributed by atoms with Crippen molar-refractivity contribution in [2.24, 2.45) is 0 Å². The Morgan fingerprint density at radius 2 is 2.05 bits per heavy atom. The number of rotatable bonds is 3. The highest BCUT2D eigenvalue weighted by Gasteiger charge is 2.18. The van der Waals surface area contributed by atoms with Crippen LogP contribution in [0.2, 0.25) is 0 Å². The number of carboxylic acids is 1. The van der Waals surface area contributed by atoms with E-state index in [2.05, 4.69) is 10.2 Å². The number of carbonyl (C=O) groups is 1. The topological polar surface area (TPSA) is 104 Å². The molecule has 0 bridgehead atoms. The van der Waals surface area contributed by atoms with Gasteiger partial charge in [-0.05, 0) is 18.2 Å². The number of hydrogen-bond acceptors (Lipinski definition) is 4. The van der Waals surface area contributed by atoms with Crippen LogP contribution in [-0.2, 0) is 11.2 Å². The van der Waals surface area contributed by atoms with Gasteiger partial charge in [-0.25, -0.2) is 0 Å². The molecule has 3 N–H and O–H groups in total. The highest BCUT2D eigenvalue weighted by Crippen LogP contribution is 2.35. The van der Waals surface area contributed by atoms with Crippen LogP contribution in [0.3, 0.4) is 0 Å². The number of nitrogens with one attached hydrogen (secondary N) is 2. The minimum atomic E-state index is -1.06. The molecule has 1 aromatic heterocycles. The zero-order chi connectivity index (χ0) is 13.4. The maximum absolute atomic E-state index is 11.6. The molecule has 1 aliphatic rings. The molecule has 0 atom stereocenters. The quantitative estimate of drug-likeness (QED) is 0.756.